The van der Waals surface area contributed by atoms with E-state index in [4.69, 9.17) is 4.74 Å². The molecular weight excluding hydrogens is 242 g/mol. The molecule has 1 aliphatic rings. The normalized spacial score (nSPS) is 25.3. The largest absolute Gasteiger partial charge is 0.393 e. The summed E-state index contributed by atoms with van der Waals surface area (Å²) in [6, 6.07) is 0. The van der Waals surface area contributed by atoms with Crippen molar-refractivity contribution in [3.05, 3.63) is 0 Å². The van der Waals surface area contributed by atoms with Crippen LogP contribution in [0.4, 0.5) is 0 Å². The van der Waals surface area contributed by atoms with Crippen molar-refractivity contribution in [3.63, 3.8) is 0 Å². The summed E-state index contributed by atoms with van der Waals surface area (Å²) in [5, 5.41) is 12.5. The number of rotatable bonds is 7. The molecule has 1 fully saturated rings. The molecule has 112 valence electrons. The number of nitrogens with one attached hydrogen (secondary N) is 1. The summed E-state index contributed by atoms with van der Waals surface area (Å²) >= 11 is 0. The van der Waals surface area contributed by atoms with E-state index in [2.05, 4.69) is 19.2 Å². The molecule has 1 rings (SSSR count). The van der Waals surface area contributed by atoms with Gasteiger partial charge in [0.15, 0.2) is 0 Å². The molecule has 0 aromatic heterocycles. The Morgan fingerprint density at radius 2 is 2.11 bits per heavy atom. The first-order valence-electron chi connectivity index (χ1n) is 7.56. The van der Waals surface area contributed by atoms with Crippen LogP contribution in [0.15, 0.2) is 0 Å². The van der Waals surface area contributed by atoms with E-state index in [-0.39, 0.29) is 18.1 Å². The Hall–Kier alpha value is -0.610. The lowest BCUT2D eigenvalue weighted by atomic mass is 9.87. The third kappa shape index (κ3) is 6.92. The SMILES string of the molecule is CC(C)CCOC(C)C(=O)NCC1CCCC(O)C1. The molecule has 3 atom stereocenters. The monoisotopic (exact) mass is 271 g/mol. The number of hydrogen-bond acceptors (Lipinski definition) is 3. The van der Waals surface area contributed by atoms with Crippen LogP contribution in [0.1, 0.15) is 52.9 Å². The van der Waals surface area contributed by atoms with Crippen LogP contribution in [0, 0.1) is 11.8 Å². The molecule has 0 bridgehead atoms. The van der Waals surface area contributed by atoms with E-state index in [1.54, 1.807) is 6.92 Å². The minimum atomic E-state index is -0.382. The maximum atomic E-state index is 11.8. The lowest BCUT2D eigenvalue weighted by Gasteiger charge is -2.26. The first kappa shape index (κ1) is 16.4. The zero-order valence-electron chi connectivity index (χ0n) is 12.5. The van der Waals surface area contributed by atoms with Crippen LogP contribution >= 0.6 is 0 Å². The second-order valence-corrected chi connectivity index (χ2v) is 6.13. The highest BCUT2D eigenvalue weighted by atomic mass is 16.5. The molecule has 19 heavy (non-hydrogen) atoms. The van der Waals surface area contributed by atoms with Gasteiger partial charge in [0.25, 0.3) is 0 Å². The zero-order chi connectivity index (χ0) is 14.3. The molecule has 2 N–H and O–H groups in total. The number of aliphatic hydroxyl groups is 1. The Bertz CT molecular complexity index is 268. The summed E-state index contributed by atoms with van der Waals surface area (Å²) < 4.78 is 5.51. The maximum Gasteiger partial charge on any atom is 0.248 e. The molecule has 1 aliphatic carbocycles. The smallest absolute Gasteiger partial charge is 0.248 e. The molecule has 3 unspecified atom stereocenters. The van der Waals surface area contributed by atoms with Crippen molar-refractivity contribution in [3.8, 4) is 0 Å². The Kier molecular flexibility index (Phi) is 7.39. The van der Waals surface area contributed by atoms with E-state index in [0.717, 1.165) is 32.1 Å². The summed E-state index contributed by atoms with van der Waals surface area (Å²) in [5.74, 6) is 0.971. The van der Waals surface area contributed by atoms with Gasteiger partial charge in [-0.25, -0.2) is 0 Å². The van der Waals surface area contributed by atoms with Gasteiger partial charge in [-0.3, -0.25) is 4.79 Å². The predicted molar refractivity (Wildman–Crippen MR) is 75.8 cm³/mol. The maximum absolute atomic E-state index is 11.8. The first-order valence-corrected chi connectivity index (χ1v) is 7.56. The molecule has 0 aliphatic heterocycles. The summed E-state index contributed by atoms with van der Waals surface area (Å²) in [5.41, 5.74) is 0. The predicted octanol–water partition coefficient (Wildman–Crippen LogP) is 2.10. The van der Waals surface area contributed by atoms with Crippen LogP contribution in [-0.4, -0.2) is 36.4 Å². The molecular formula is C15H29NO3. The summed E-state index contributed by atoms with van der Waals surface area (Å²) in [7, 11) is 0. The van der Waals surface area contributed by atoms with Crippen molar-refractivity contribution >= 4 is 5.91 Å². The van der Waals surface area contributed by atoms with E-state index < -0.39 is 0 Å². The highest BCUT2D eigenvalue weighted by Crippen LogP contribution is 2.23. The number of carbonyl (C=O) groups is 1. The van der Waals surface area contributed by atoms with Gasteiger partial charge in [-0.15, -0.1) is 0 Å². The van der Waals surface area contributed by atoms with E-state index in [9.17, 15) is 9.90 Å². The van der Waals surface area contributed by atoms with Gasteiger partial charge in [0.05, 0.1) is 6.10 Å². The van der Waals surface area contributed by atoms with Gasteiger partial charge in [0, 0.05) is 13.2 Å². The Morgan fingerprint density at radius 1 is 1.37 bits per heavy atom. The number of carbonyl (C=O) groups excluding carboxylic acids is 1. The van der Waals surface area contributed by atoms with Gasteiger partial charge in [-0.2, -0.15) is 0 Å². The minimum absolute atomic E-state index is 0.0381. The van der Waals surface area contributed by atoms with Crippen LogP contribution in [0.5, 0.6) is 0 Å². The molecule has 0 saturated heterocycles. The van der Waals surface area contributed by atoms with Gasteiger partial charge >= 0.3 is 0 Å². The van der Waals surface area contributed by atoms with Crippen LogP contribution in [-0.2, 0) is 9.53 Å². The molecule has 0 heterocycles. The number of ether oxygens (including phenoxy) is 1. The van der Waals surface area contributed by atoms with Gasteiger partial charge in [-0.05, 0) is 44.4 Å². The highest BCUT2D eigenvalue weighted by Gasteiger charge is 2.21. The van der Waals surface area contributed by atoms with Gasteiger partial charge in [-0.1, -0.05) is 20.3 Å². The molecule has 0 spiro atoms. The van der Waals surface area contributed by atoms with E-state index in [0.29, 0.717) is 25.0 Å². The third-order valence-electron chi connectivity index (χ3n) is 3.75. The lowest BCUT2D eigenvalue weighted by molar-refractivity contribution is -0.132. The zero-order valence-corrected chi connectivity index (χ0v) is 12.5. The minimum Gasteiger partial charge on any atom is -0.393 e. The molecule has 4 nitrogen and oxygen atoms in total. The number of aliphatic hydroxyl groups excluding tert-OH is 1. The fraction of sp³-hybridized carbons (Fsp3) is 0.933. The summed E-state index contributed by atoms with van der Waals surface area (Å²) in [6.45, 7) is 7.37. The number of hydrogen-bond donors (Lipinski definition) is 2. The topological polar surface area (TPSA) is 58.6 Å². The standard InChI is InChI=1S/C15H29NO3/c1-11(2)7-8-19-12(3)15(18)16-10-13-5-4-6-14(17)9-13/h11-14,17H,4-10H2,1-3H3,(H,16,18). The molecule has 4 heteroatoms. The molecule has 0 aromatic rings. The highest BCUT2D eigenvalue weighted by molar-refractivity contribution is 5.80. The van der Waals surface area contributed by atoms with Crippen molar-refractivity contribution < 1.29 is 14.6 Å². The van der Waals surface area contributed by atoms with Crippen LogP contribution in [0.25, 0.3) is 0 Å². The second kappa shape index (κ2) is 8.54. The van der Waals surface area contributed by atoms with Gasteiger partial charge < -0.3 is 15.2 Å². The summed E-state index contributed by atoms with van der Waals surface area (Å²) in [6.07, 6.45) is 4.28. The van der Waals surface area contributed by atoms with Crippen LogP contribution < -0.4 is 5.32 Å². The fourth-order valence-electron chi connectivity index (χ4n) is 2.39. The molecule has 1 amide bonds. The van der Waals surface area contributed by atoms with Crippen molar-refractivity contribution in [2.24, 2.45) is 11.8 Å². The quantitative estimate of drug-likeness (QED) is 0.745. The molecule has 0 radical (unpaired) electrons. The Labute approximate surface area is 116 Å². The second-order valence-electron chi connectivity index (χ2n) is 6.13. The van der Waals surface area contributed by atoms with Gasteiger partial charge in [0.2, 0.25) is 5.91 Å². The van der Waals surface area contributed by atoms with Crippen molar-refractivity contribution in [1.82, 2.24) is 5.32 Å². The first-order chi connectivity index (χ1) is 8.99. The average molecular weight is 271 g/mol. The summed E-state index contributed by atoms with van der Waals surface area (Å²) in [4.78, 5) is 11.8. The van der Waals surface area contributed by atoms with E-state index >= 15 is 0 Å². The fourth-order valence-corrected chi connectivity index (χ4v) is 2.39. The average Bonchev–Trinajstić information content (AvgIpc) is 2.35. The molecule has 0 aromatic carbocycles. The number of amides is 1. The van der Waals surface area contributed by atoms with E-state index in [1.807, 2.05) is 0 Å². The van der Waals surface area contributed by atoms with Crippen molar-refractivity contribution in [1.29, 1.82) is 0 Å². The van der Waals surface area contributed by atoms with Crippen LogP contribution in [0.3, 0.4) is 0 Å². The lowest BCUT2D eigenvalue weighted by Crippen LogP contribution is -2.39. The Morgan fingerprint density at radius 3 is 2.74 bits per heavy atom. The van der Waals surface area contributed by atoms with Gasteiger partial charge in [0.1, 0.15) is 6.10 Å². The third-order valence-corrected chi connectivity index (χ3v) is 3.75. The van der Waals surface area contributed by atoms with Crippen LogP contribution in [0.2, 0.25) is 0 Å². The van der Waals surface area contributed by atoms with Crippen molar-refractivity contribution in [2.45, 2.75) is 65.1 Å². The van der Waals surface area contributed by atoms with E-state index in [1.165, 1.54) is 0 Å². The molecule has 1 saturated carbocycles. The Balaban J connectivity index is 2.15. The van der Waals surface area contributed by atoms with Crippen molar-refractivity contribution in [2.75, 3.05) is 13.2 Å².